The third kappa shape index (κ3) is 10.5. The van der Waals surface area contributed by atoms with Crippen molar-refractivity contribution in [3.63, 3.8) is 0 Å². The van der Waals surface area contributed by atoms with E-state index >= 15 is 0 Å². The average Bonchev–Trinajstić information content (AvgIpc) is 2.20. The standard InChI is InChI=1S/C7H17N7O2.ClH/c8-4(2-1-3-13-6(9)10)5(15)16-14-7(11)12;/h4H,1-3,8H2,(H4,9,10,13)(H4,11,12,14);1H/t4-;/m0./s1. The summed E-state index contributed by atoms with van der Waals surface area (Å²) in [5, 5.41) is 3.08. The summed E-state index contributed by atoms with van der Waals surface area (Å²) in [7, 11) is 0. The van der Waals surface area contributed by atoms with Crippen LogP contribution in [0.25, 0.3) is 0 Å². The van der Waals surface area contributed by atoms with Crippen molar-refractivity contribution < 1.29 is 9.63 Å². The van der Waals surface area contributed by atoms with Crippen LogP contribution < -0.4 is 28.7 Å². The molecule has 0 aromatic heterocycles. The number of halogens is 1. The van der Waals surface area contributed by atoms with E-state index in [1.54, 1.807) is 0 Å². The molecule has 100 valence electrons. The second kappa shape index (κ2) is 9.48. The molecule has 0 fully saturated rings. The number of guanidine groups is 2. The highest BCUT2D eigenvalue weighted by atomic mass is 35.5. The van der Waals surface area contributed by atoms with Crippen molar-refractivity contribution in [3.8, 4) is 0 Å². The van der Waals surface area contributed by atoms with Crippen molar-refractivity contribution in [3.05, 3.63) is 0 Å². The molecule has 10 heteroatoms. The van der Waals surface area contributed by atoms with Gasteiger partial charge in [-0.3, -0.25) is 4.99 Å². The Bertz CT molecular complexity index is 286. The molecule has 0 rings (SSSR count). The molecule has 0 heterocycles. The van der Waals surface area contributed by atoms with Gasteiger partial charge in [-0.2, -0.15) is 0 Å². The second-order valence-electron chi connectivity index (χ2n) is 2.98. The highest BCUT2D eigenvalue weighted by Crippen LogP contribution is 1.97. The van der Waals surface area contributed by atoms with Crippen LogP contribution in [0.2, 0.25) is 0 Å². The van der Waals surface area contributed by atoms with Crippen molar-refractivity contribution in [2.75, 3.05) is 6.54 Å². The maximum absolute atomic E-state index is 11.1. The maximum Gasteiger partial charge on any atom is 0.351 e. The average molecular weight is 268 g/mol. The molecule has 0 saturated heterocycles. The van der Waals surface area contributed by atoms with Crippen molar-refractivity contribution in [2.24, 2.45) is 38.8 Å². The van der Waals surface area contributed by atoms with Gasteiger partial charge < -0.3 is 33.5 Å². The van der Waals surface area contributed by atoms with Gasteiger partial charge in [0, 0.05) is 6.54 Å². The van der Waals surface area contributed by atoms with Crippen LogP contribution in [-0.2, 0) is 9.63 Å². The Hall–Kier alpha value is -1.74. The predicted molar refractivity (Wildman–Crippen MR) is 67.0 cm³/mol. The summed E-state index contributed by atoms with van der Waals surface area (Å²) in [5.74, 6) is -1.06. The summed E-state index contributed by atoms with van der Waals surface area (Å²) >= 11 is 0. The summed E-state index contributed by atoms with van der Waals surface area (Å²) < 4.78 is 0. The summed E-state index contributed by atoms with van der Waals surface area (Å²) in [6, 6.07) is -0.808. The van der Waals surface area contributed by atoms with Gasteiger partial charge in [0.05, 0.1) is 0 Å². The largest absolute Gasteiger partial charge is 0.370 e. The second-order valence-corrected chi connectivity index (χ2v) is 2.98. The minimum absolute atomic E-state index is 0. The quantitative estimate of drug-likeness (QED) is 0.116. The lowest BCUT2D eigenvalue weighted by molar-refractivity contribution is -0.145. The first-order valence-corrected chi connectivity index (χ1v) is 4.54. The lowest BCUT2D eigenvalue weighted by Gasteiger charge is -2.06. The first-order chi connectivity index (χ1) is 7.43. The van der Waals surface area contributed by atoms with Crippen LogP contribution in [0.3, 0.4) is 0 Å². The summed E-state index contributed by atoms with van der Waals surface area (Å²) in [4.78, 5) is 19.2. The van der Waals surface area contributed by atoms with Crippen molar-refractivity contribution in [1.82, 2.24) is 0 Å². The Kier molecular flexibility index (Phi) is 9.85. The van der Waals surface area contributed by atoms with Crippen LogP contribution in [0.4, 0.5) is 0 Å². The maximum atomic E-state index is 11.1. The molecule has 9 nitrogen and oxygen atoms in total. The van der Waals surface area contributed by atoms with Crippen LogP contribution >= 0.6 is 12.4 Å². The van der Waals surface area contributed by atoms with Gasteiger partial charge in [-0.1, -0.05) is 0 Å². The number of aliphatic imine (C=N–C) groups is 1. The van der Waals surface area contributed by atoms with Gasteiger partial charge in [0.25, 0.3) is 0 Å². The molecule has 0 aliphatic heterocycles. The molecular weight excluding hydrogens is 250 g/mol. The summed E-state index contributed by atoms with van der Waals surface area (Å²) in [6.07, 6.45) is 0.922. The lowest BCUT2D eigenvalue weighted by Crippen LogP contribution is -2.33. The highest BCUT2D eigenvalue weighted by molar-refractivity contribution is 5.85. The van der Waals surface area contributed by atoms with Gasteiger partial charge in [-0.15, -0.1) is 12.4 Å². The number of nitrogens with two attached hydrogens (primary N) is 5. The fourth-order valence-electron chi connectivity index (χ4n) is 0.803. The molecule has 0 radical (unpaired) electrons. The Morgan fingerprint density at radius 1 is 1.18 bits per heavy atom. The Balaban J connectivity index is 0. The third-order valence-electron chi connectivity index (χ3n) is 1.51. The molecule has 0 saturated carbocycles. The third-order valence-corrected chi connectivity index (χ3v) is 1.51. The Morgan fingerprint density at radius 3 is 2.24 bits per heavy atom. The predicted octanol–water partition coefficient (Wildman–Crippen LogP) is -2.48. The smallest absolute Gasteiger partial charge is 0.351 e. The molecule has 17 heavy (non-hydrogen) atoms. The number of rotatable bonds is 6. The number of oxime groups is 1. The van der Waals surface area contributed by atoms with E-state index in [-0.39, 0.29) is 24.3 Å². The molecule has 0 aromatic rings. The number of hydrogen-bond acceptors (Lipinski definition) is 5. The van der Waals surface area contributed by atoms with E-state index in [0.29, 0.717) is 19.4 Å². The van der Waals surface area contributed by atoms with E-state index in [1.165, 1.54) is 0 Å². The SMILES string of the molecule is Cl.NC(N)=NCCC[C@H](N)C(=O)ON=C(N)N. The van der Waals surface area contributed by atoms with E-state index < -0.39 is 12.0 Å². The van der Waals surface area contributed by atoms with E-state index in [9.17, 15) is 4.79 Å². The molecule has 0 aliphatic carbocycles. The van der Waals surface area contributed by atoms with Crippen molar-refractivity contribution >= 4 is 30.3 Å². The molecule has 1 atom stereocenters. The van der Waals surface area contributed by atoms with Gasteiger partial charge in [0.15, 0.2) is 5.96 Å². The minimum Gasteiger partial charge on any atom is -0.370 e. The molecular formula is C7H18ClN7O2. The first-order valence-electron chi connectivity index (χ1n) is 4.54. The molecule has 10 N–H and O–H groups in total. The molecule has 0 amide bonds. The van der Waals surface area contributed by atoms with E-state index in [1.807, 2.05) is 0 Å². The van der Waals surface area contributed by atoms with Crippen LogP contribution in [0.1, 0.15) is 12.8 Å². The Labute approximate surface area is 105 Å². The molecule has 0 bridgehead atoms. The van der Waals surface area contributed by atoms with Crippen LogP contribution in [0, 0.1) is 0 Å². The summed E-state index contributed by atoms with van der Waals surface area (Å²) in [5.41, 5.74) is 25.6. The van der Waals surface area contributed by atoms with Crippen LogP contribution in [-0.4, -0.2) is 30.5 Å². The summed E-state index contributed by atoms with van der Waals surface area (Å²) in [6.45, 7) is 0.394. The minimum atomic E-state index is -0.808. The zero-order chi connectivity index (χ0) is 12.6. The molecule has 0 unspecified atom stereocenters. The zero-order valence-electron chi connectivity index (χ0n) is 9.20. The van der Waals surface area contributed by atoms with E-state index in [4.69, 9.17) is 28.7 Å². The molecule has 0 aromatic carbocycles. The number of carbonyl (C=O) groups excluding carboxylic acids is 1. The van der Waals surface area contributed by atoms with Gasteiger partial charge in [0.2, 0.25) is 5.96 Å². The topological polar surface area (TPSA) is 181 Å². The normalized spacial score (nSPS) is 10.6. The van der Waals surface area contributed by atoms with E-state index in [0.717, 1.165) is 0 Å². The number of hydrogen-bond donors (Lipinski definition) is 5. The van der Waals surface area contributed by atoms with Crippen LogP contribution in [0.15, 0.2) is 10.1 Å². The number of nitrogens with zero attached hydrogens (tertiary/aromatic N) is 2. The van der Waals surface area contributed by atoms with Gasteiger partial charge >= 0.3 is 5.97 Å². The number of carbonyl (C=O) groups is 1. The Morgan fingerprint density at radius 2 is 1.76 bits per heavy atom. The molecule has 0 spiro atoms. The monoisotopic (exact) mass is 267 g/mol. The van der Waals surface area contributed by atoms with Crippen LogP contribution in [0.5, 0.6) is 0 Å². The van der Waals surface area contributed by atoms with Gasteiger partial charge in [-0.25, -0.2) is 4.79 Å². The highest BCUT2D eigenvalue weighted by Gasteiger charge is 2.14. The fourth-order valence-corrected chi connectivity index (χ4v) is 0.803. The fraction of sp³-hybridized carbons (Fsp3) is 0.571. The van der Waals surface area contributed by atoms with Crippen molar-refractivity contribution in [1.29, 1.82) is 0 Å². The van der Waals surface area contributed by atoms with E-state index in [2.05, 4.69) is 15.0 Å². The lowest BCUT2D eigenvalue weighted by atomic mass is 10.2. The zero-order valence-corrected chi connectivity index (χ0v) is 10.0. The molecule has 0 aliphatic rings. The first kappa shape index (κ1) is 17.6. The van der Waals surface area contributed by atoms with Gasteiger partial charge in [-0.05, 0) is 18.0 Å². The van der Waals surface area contributed by atoms with Gasteiger partial charge in [0.1, 0.15) is 6.04 Å². The van der Waals surface area contributed by atoms with Crippen molar-refractivity contribution in [2.45, 2.75) is 18.9 Å².